The minimum Gasteiger partial charge on any atom is -0.496 e. The first-order valence-electron chi connectivity index (χ1n) is 7.42. The van der Waals surface area contributed by atoms with Gasteiger partial charge in [0.15, 0.2) is 0 Å². The number of hydrogen-bond donors (Lipinski definition) is 1. The molecule has 1 saturated heterocycles. The second kappa shape index (κ2) is 6.57. The molecule has 1 saturated carbocycles. The van der Waals surface area contributed by atoms with Crippen molar-refractivity contribution in [2.24, 2.45) is 0 Å². The molecule has 1 atom stereocenters. The lowest BCUT2D eigenvalue weighted by Gasteiger charge is -2.38. The molecule has 0 amide bonds. The SMILES string of the molecule is COc1ccccc1C1CC(NCC2COCCO2)C1. The Bertz CT molecular complexity index is 425. The Labute approximate surface area is 120 Å². The summed E-state index contributed by atoms with van der Waals surface area (Å²) in [5, 5.41) is 3.58. The fourth-order valence-corrected chi connectivity index (χ4v) is 2.99. The lowest BCUT2D eigenvalue weighted by atomic mass is 9.75. The molecule has 110 valence electrons. The molecule has 1 unspecified atom stereocenters. The molecule has 1 aromatic rings. The van der Waals surface area contributed by atoms with E-state index in [4.69, 9.17) is 14.2 Å². The van der Waals surface area contributed by atoms with Gasteiger partial charge in [-0.3, -0.25) is 0 Å². The van der Waals surface area contributed by atoms with Crippen molar-refractivity contribution in [2.75, 3.05) is 33.5 Å². The second-order valence-corrected chi connectivity index (χ2v) is 5.58. The highest BCUT2D eigenvalue weighted by molar-refractivity contribution is 5.37. The van der Waals surface area contributed by atoms with Gasteiger partial charge in [0.2, 0.25) is 0 Å². The molecule has 1 aliphatic carbocycles. The molecule has 0 aromatic heterocycles. The van der Waals surface area contributed by atoms with E-state index in [0.717, 1.165) is 32.1 Å². The van der Waals surface area contributed by atoms with Crippen LogP contribution in [0.15, 0.2) is 24.3 Å². The number of rotatable bonds is 5. The van der Waals surface area contributed by atoms with Crippen LogP contribution in [0, 0.1) is 0 Å². The van der Waals surface area contributed by atoms with Crippen molar-refractivity contribution in [1.29, 1.82) is 0 Å². The van der Waals surface area contributed by atoms with Crippen molar-refractivity contribution < 1.29 is 14.2 Å². The van der Waals surface area contributed by atoms with Crippen LogP contribution < -0.4 is 10.1 Å². The molecule has 1 aliphatic heterocycles. The Morgan fingerprint density at radius 3 is 2.85 bits per heavy atom. The summed E-state index contributed by atoms with van der Waals surface area (Å²) in [7, 11) is 1.74. The normalized spacial score (nSPS) is 29.8. The van der Waals surface area contributed by atoms with Crippen LogP contribution in [0.2, 0.25) is 0 Å². The Morgan fingerprint density at radius 1 is 1.25 bits per heavy atom. The molecule has 1 N–H and O–H groups in total. The summed E-state index contributed by atoms with van der Waals surface area (Å²) in [5.74, 6) is 1.63. The van der Waals surface area contributed by atoms with Gasteiger partial charge in [-0.15, -0.1) is 0 Å². The van der Waals surface area contributed by atoms with Gasteiger partial charge >= 0.3 is 0 Å². The molecule has 4 nitrogen and oxygen atoms in total. The highest BCUT2D eigenvalue weighted by Crippen LogP contribution is 2.40. The van der Waals surface area contributed by atoms with Crippen molar-refractivity contribution in [2.45, 2.75) is 30.9 Å². The van der Waals surface area contributed by atoms with Crippen molar-refractivity contribution in [3.8, 4) is 5.75 Å². The van der Waals surface area contributed by atoms with Gasteiger partial charge < -0.3 is 19.5 Å². The summed E-state index contributed by atoms with van der Waals surface area (Å²) < 4.78 is 16.5. The number of benzene rings is 1. The van der Waals surface area contributed by atoms with Crippen LogP contribution in [0.5, 0.6) is 5.75 Å². The summed E-state index contributed by atoms with van der Waals surface area (Å²) >= 11 is 0. The highest BCUT2D eigenvalue weighted by atomic mass is 16.6. The van der Waals surface area contributed by atoms with Crippen LogP contribution in [0.4, 0.5) is 0 Å². The van der Waals surface area contributed by atoms with Crippen molar-refractivity contribution >= 4 is 0 Å². The van der Waals surface area contributed by atoms with E-state index in [2.05, 4.69) is 17.4 Å². The second-order valence-electron chi connectivity index (χ2n) is 5.58. The van der Waals surface area contributed by atoms with Crippen LogP contribution in [0.25, 0.3) is 0 Å². The Kier molecular flexibility index (Phi) is 4.55. The van der Waals surface area contributed by atoms with Crippen molar-refractivity contribution in [1.82, 2.24) is 5.32 Å². The lowest BCUT2D eigenvalue weighted by Crippen LogP contribution is -2.46. The largest absolute Gasteiger partial charge is 0.496 e. The van der Waals surface area contributed by atoms with E-state index in [-0.39, 0.29) is 6.10 Å². The van der Waals surface area contributed by atoms with Gasteiger partial charge in [-0.25, -0.2) is 0 Å². The molecule has 0 radical (unpaired) electrons. The summed E-state index contributed by atoms with van der Waals surface area (Å²) in [5.41, 5.74) is 1.34. The number of para-hydroxylation sites is 1. The standard InChI is InChI=1S/C16H23NO3/c1-18-16-5-3-2-4-15(16)12-8-13(9-12)17-10-14-11-19-6-7-20-14/h2-5,12-14,17H,6-11H2,1H3. The zero-order valence-corrected chi connectivity index (χ0v) is 12.0. The monoisotopic (exact) mass is 277 g/mol. The molecule has 1 aromatic carbocycles. The van der Waals surface area contributed by atoms with E-state index in [9.17, 15) is 0 Å². The quantitative estimate of drug-likeness (QED) is 0.893. The molecule has 0 spiro atoms. The van der Waals surface area contributed by atoms with E-state index in [1.807, 2.05) is 12.1 Å². The van der Waals surface area contributed by atoms with Gasteiger partial charge in [0.1, 0.15) is 5.75 Å². The van der Waals surface area contributed by atoms with Crippen molar-refractivity contribution in [3.63, 3.8) is 0 Å². The first-order chi connectivity index (χ1) is 9.86. The zero-order chi connectivity index (χ0) is 13.8. The van der Waals surface area contributed by atoms with Gasteiger partial charge in [0.05, 0.1) is 33.0 Å². The topological polar surface area (TPSA) is 39.7 Å². The Hall–Kier alpha value is -1.10. The summed E-state index contributed by atoms with van der Waals surface area (Å²) in [6.45, 7) is 3.07. The first-order valence-corrected chi connectivity index (χ1v) is 7.42. The third-order valence-electron chi connectivity index (χ3n) is 4.24. The predicted molar refractivity (Wildman–Crippen MR) is 77.3 cm³/mol. The van der Waals surface area contributed by atoms with E-state index in [0.29, 0.717) is 12.0 Å². The van der Waals surface area contributed by atoms with E-state index in [1.54, 1.807) is 7.11 Å². The molecular formula is C16H23NO3. The summed E-state index contributed by atoms with van der Waals surface area (Å²) in [6, 6.07) is 8.93. The van der Waals surface area contributed by atoms with Gasteiger partial charge in [-0.2, -0.15) is 0 Å². The maximum Gasteiger partial charge on any atom is 0.122 e. The average Bonchev–Trinajstić information content (AvgIpc) is 2.47. The average molecular weight is 277 g/mol. The molecule has 2 aliphatic rings. The van der Waals surface area contributed by atoms with Crippen molar-refractivity contribution in [3.05, 3.63) is 29.8 Å². The third kappa shape index (κ3) is 3.14. The van der Waals surface area contributed by atoms with Crippen LogP contribution >= 0.6 is 0 Å². The summed E-state index contributed by atoms with van der Waals surface area (Å²) in [4.78, 5) is 0. The first kappa shape index (κ1) is 13.9. The molecule has 3 rings (SSSR count). The number of methoxy groups -OCH3 is 1. The maximum absolute atomic E-state index is 5.64. The van der Waals surface area contributed by atoms with E-state index >= 15 is 0 Å². The summed E-state index contributed by atoms with van der Waals surface area (Å²) in [6.07, 6.45) is 2.57. The van der Waals surface area contributed by atoms with Crippen LogP contribution in [0.1, 0.15) is 24.3 Å². The zero-order valence-electron chi connectivity index (χ0n) is 12.0. The molecular weight excluding hydrogens is 254 g/mol. The van der Waals surface area contributed by atoms with E-state index < -0.39 is 0 Å². The molecule has 1 heterocycles. The minimum atomic E-state index is 0.217. The third-order valence-corrected chi connectivity index (χ3v) is 4.24. The van der Waals surface area contributed by atoms with Gasteiger partial charge in [0, 0.05) is 12.6 Å². The minimum absolute atomic E-state index is 0.217. The Morgan fingerprint density at radius 2 is 2.10 bits per heavy atom. The maximum atomic E-state index is 5.64. The van der Waals surface area contributed by atoms with Crippen LogP contribution in [-0.2, 0) is 9.47 Å². The fourth-order valence-electron chi connectivity index (χ4n) is 2.99. The smallest absolute Gasteiger partial charge is 0.122 e. The van der Waals surface area contributed by atoms with Gasteiger partial charge in [-0.05, 0) is 30.4 Å². The Balaban J connectivity index is 1.44. The van der Waals surface area contributed by atoms with Crippen LogP contribution in [0.3, 0.4) is 0 Å². The van der Waals surface area contributed by atoms with Gasteiger partial charge in [-0.1, -0.05) is 18.2 Å². The molecule has 0 bridgehead atoms. The van der Waals surface area contributed by atoms with Crippen LogP contribution in [-0.4, -0.2) is 45.6 Å². The highest BCUT2D eigenvalue weighted by Gasteiger charge is 2.32. The molecule has 20 heavy (non-hydrogen) atoms. The van der Waals surface area contributed by atoms with E-state index in [1.165, 1.54) is 18.4 Å². The number of ether oxygens (including phenoxy) is 3. The van der Waals surface area contributed by atoms with Gasteiger partial charge in [0.25, 0.3) is 0 Å². The molecule has 2 fully saturated rings. The fraction of sp³-hybridized carbons (Fsp3) is 0.625. The number of nitrogens with one attached hydrogen (secondary N) is 1. The number of hydrogen-bond acceptors (Lipinski definition) is 4. The predicted octanol–water partition coefficient (Wildman–Crippen LogP) is 1.95. The molecule has 4 heteroatoms. The lowest BCUT2D eigenvalue weighted by molar-refractivity contribution is -0.0878.